The lowest BCUT2D eigenvalue weighted by molar-refractivity contribution is -0.384. The Hall–Kier alpha value is -4.73. The highest BCUT2D eigenvalue weighted by Gasteiger charge is 2.10. The molecule has 0 aliphatic heterocycles. The first-order valence-electron chi connectivity index (χ1n) is 10.4. The van der Waals surface area contributed by atoms with E-state index in [2.05, 4.69) is 10.1 Å². The predicted molar refractivity (Wildman–Crippen MR) is 127 cm³/mol. The van der Waals surface area contributed by atoms with Gasteiger partial charge in [-0.2, -0.15) is 5.10 Å². The van der Waals surface area contributed by atoms with Gasteiger partial charge in [0.15, 0.2) is 11.5 Å². The molecule has 4 rings (SSSR count). The van der Waals surface area contributed by atoms with Crippen LogP contribution in [0.2, 0.25) is 0 Å². The molecule has 10 heteroatoms. The van der Waals surface area contributed by atoms with Crippen molar-refractivity contribution in [3.63, 3.8) is 0 Å². The zero-order valence-corrected chi connectivity index (χ0v) is 18.1. The molecule has 0 aliphatic carbocycles. The van der Waals surface area contributed by atoms with E-state index in [1.54, 1.807) is 54.6 Å². The van der Waals surface area contributed by atoms with Crippen LogP contribution in [0.25, 0.3) is 10.9 Å². The van der Waals surface area contributed by atoms with Crippen molar-refractivity contribution >= 4 is 22.8 Å². The van der Waals surface area contributed by atoms with Gasteiger partial charge in [0.1, 0.15) is 6.61 Å². The summed E-state index contributed by atoms with van der Waals surface area (Å²) in [5.74, 6) is 0.864. The fourth-order valence-corrected chi connectivity index (χ4v) is 3.30. The molecule has 0 spiro atoms. The Morgan fingerprint density at radius 3 is 2.65 bits per heavy atom. The molecule has 4 aromatic rings. The van der Waals surface area contributed by atoms with Crippen LogP contribution in [0, 0.1) is 10.1 Å². The van der Waals surface area contributed by atoms with E-state index in [1.807, 2.05) is 6.92 Å². The molecule has 0 amide bonds. The maximum atomic E-state index is 12.6. The number of nitrogens with one attached hydrogen (secondary N) is 1. The van der Waals surface area contributed by atoms with Crippen LogP contribution in [0.15, 0.2) is 81.4 Å². The average molecular weight is 460 g/mol. The Labute approximate surface area is 192 Å². The second kappa shape index (κ2) is 9.82. The van der Waals surface area contributed by atoms with Crippen LogP contribution < -0.4 is 20.7 Å². The van der Waals surface area contributed by atoms with Crippen LogP contribution in [0.1, 0.15) is 18.1 Å². The molecule has 1 aromatic heterocycles. The van der Waals surface area contributed by atoms with E-state index in [1.165, 1.54) is 18.3 Å². The van der Waals surface area contributed by atoms with Crippen molar-refractivity contribution in [1.82, 2.24) is 9.66 Å². The van der Waals surface area contributed by atoms with Crippen molar-refractivity contribution in [1.29, 1.82) is 0 Å². The van der Waals surface area contributed by atoms with Gasteiger partial charge in [-0.05, 0) is 48.4 Å². The van der Waals surface area contributed by atoms with Crippen molar-refractivity contribution in [2.24, 2.45) is 5.10 Å². The summed E-state index contributed by atoms with van der Waals surface area (Å²) in [6, 6.07) is 17.9. The molecular formula is C24H20N4O6. The van der Waals surface area contributed by atoms with Gasteiger partial charge < -0.3 is 14.5 Å². The summed E-state index contributed by atoms with van der Waals surface area (Å²) in [5, 5.41) is 15.4. The minimum absolute atomic E-state index is 0.0170. The summed E-state index contributed by atoms with van der Waals surface area (Å²) in [6.45, 7) is 2.30. The van der Waals surface area contributed by atoms with Gasteiger partial charge in [0.2, 0.25) is 0 Å². The summed E-state index contributed by atoms with van der Waals surface area (Å²) in [4.78, 5) is 38.0. The van der Waals surface area contributed by atoms with Gasteiger partial charge in [-0.15, -0.1) is 4.68 Å². The maximum absolute atomic E-state index is 12.6. The number of hydrogen-bond donors (Lipinski definition) is 1. The number of benzene rings is 3. The fourth-order valence-electron chi connectivity index (χ4n) is 3.30. The third-order valence-corrected chi connectivity index (χ3v) is 4.89. The molecule has 1 N–H and O–H groups in total. The van der Waals surface area contributed by atoms with Gasteiger partial charge in [0.05, 0.1) is 28.6 Å². The highest BCUT2D eigenvalue weighted by Crippen LogP contribution is 2.29. The molecule has 0 radical (unpaired) electrons. The van der Waals surface area contributed by atoms with Crippen LogP contribution in [0.4, 0.5) is 5.69 Å². The largest absolute Gasteiger partial charge is 0.490 e. The Morgan fingerprint density at radius 1 is 1.03 bits per heavy atom. The fraction of sp³-hybridized carbons (Fsp3) is 0.125. The highest BCUT2D eigenvalue weighted by atomic mass is 16.6. The van der Waals surface area contributed by atoms with E-state index in [4.69, 9.17) is 9.47 Å². The van der Waals surface area contributed by atoms with Crippen LogP contribution in [-0.4, -0.2) is 27.4 Å². The van der Waals surface area contributed by atoms with Gasteiger partial charge in [0.25, 0.3) is 11.2 Å². The van der Waals surface area contributed by atoms with E-state index < -0.39 is 16.2 Å². The number of aromatic amines is 1. The van der Waals surface area contributed by atoms with Crippen molar-refractivity contribution in [2.75, 3.05) is 6.61 Å². The number of ether oxygens (including phenoxy) is 2. The number of nitro groups is 1. The topological polar surface area (TPSA) is 129 Å². The lowest BCUT2D eigenvalue weighted by atomic mass is 10.2. The van der Waals surface area contributed by atoms with Gasteiger partial charge >= 0.3 is 5.69 Å². The lowest BCUT2D eigenvalue weighted by Crippen LogP contribution is -2.32. The third-order valence-electron chi connectivity index (χ3n) is 4.89. The molecule has 3 aromatic carbocycles. The number of fused-ring (bicyclic) bond motifs is 1. The van der Waals surface area contributed by atoms with Crippen molar-refractivity contribution in [3.05, 3.63) is 109 Å². The zero-order valence-electron chi connectivity index (χ0n) is 18.1. The number of rotatable bonds is 8. The average Bonchev–Trinajstić information content (AvgIpc) is 2.83. The molecule has 172 valence electrons. The SMILES string of the molecule is CCOc1cc(C=Nn2c(=O)[nH]c3ccccc3c2=O)ccc1OCc1cccc([N+](=O)[O-])c1. The molecular weight excluding hydrogens is 440 g/mol. The Kier molecular flexibility index (Phi) is 6.49. The molecule has 0 unspecified atom stereocenters. The Morgan fingerprint density at radius 2 is 1.85 bits per heavy atom. The molecule has 0 bridgehead atoms. The second-order valence-corrected chi connectivity index (χ2v) is 7.19. The van der Waals surface area contributed by atoms with E-state index in [0.29, 0.717) is 40.1 Å². The molecule has 0 atom stereocenters. The smallest absolute Gasteiger partial charge is 0.349 e. The first kappa shape index (κ1) is 22.5. The molecule has 0 fully saturated rings. The second-order valence-electron chi connectivity index (χ2n) is 7.19. The Balaban J connectivity index is 1.58. The highest BCUT2D eigenvalue weighted by molar-refractivity contribution is 5.81. The normalized spacial score (nSPS) is 11.1. The summed E-state index contributed by atoms with van der Waals surface area (Å²) in [7, 11) is 0. The summed E-state index contributed by atoms with van der Waals surface area (Å²) < 4.78 is 12.2. The van der Waals surface area contributed by atoms with E-state index in [9.17, 15) is 19.7 Å². The number of para-hydroxylation sites is 1. The molecule has 0 aliphatic rings. The molecule has 1 heterocycles. The van der Waals surface area contributed by atoms with Gasteiger partial charge in [0, 0.05) is 12.1 Å². The monoisotopic (exact) mass is 460 g/mol. The van der Waals surface area contributed by atoms with E-state index in [-0.39, 0.29) is 12.3 Å². The van der Waals surface area contributed by atoms with Crippen molar-refractivity contribution in [2.45, 2.75) is 13.5 Å². The van der Waals surface area contributed by atoms with Crippen molar-refractivity contribution in [3.8, 4) is 11.5 Å². The predicted octanol–water partition coefficient (Wildman–Crippen LogP) is 3.46. The maximum Gasteiger partial charge on any atom is 0.349 e. The molecule has 34 heavy (non-hydrogen) atoms. The molecule has 0 saturated carbocycles. The van der Waals surface area contributed by atoms with E-state index >= 15 is 0 Å². The van der Waals surface area contributed by atoms with Crippen molar-refractivity contribution < 1.29 is 14.4 Å². The van der Waals surface area contributed by atoms with Gasteiger partial charge in [-0.1, -0.05) is 24.3 Å². The number of hydrogen-bond acceptors (Lipinski definition) is 7. The first-order valence-corrected chi connectivity index (χ1v) is 10.4. The van der Waals surface area contributed by atoms with Gasteiger partial charge in [-0.25, -0.2) is 4.79 Å². The van der Waals surface area contributed by atoms with Crippen LogP contribution in [0.5, 0.6) is 11.5 Å². The molecule has 0 saturated heterocycles. The summed E-state index contributed by atoms with van der Waals surface area (Å²) >= 11 is 0. The van der Waals surface area contributed by atoms with Crippen LogP contribution >= 0.6 is 0 Å². The minimum atomic E-state index is -0.651. The number of aromatic nitrogens is 2. The number of nitro benzene ring substituents is 1. The summed E-state index contributed by atoms with van der Waals surface area (Å²) in [5.41, 5.74) is 0.451. The van der Waals surface area contributed by atoms with E-state index in [0.717, 1.165) is 4.68 Å². The number of H-pyrrole nitrogens is 1. The number of non-ortho nitro benzene ring substituents is 1. The zero-order chi connectivity index (χ0) is 24.1. The first-order chi connectivity index (χ1) is 16.5. The number of nitrogens with zero attached hydrogens (tertiary/aromatic N) is 3. The van der Waals surface area contributed by atoms with Gasteiger partial charge in [-0.3, -0.25) is 14.9 Å². The quantitative estimate of drug-likeness (QED) is 0.244. The standard InChI is InChI=1S/C24H20N4O6/c1-2-33-22-13-16(10-11-21(22)34-15-17-6-5-7-18(12-17)28(31)32)14-25-27-23(29)19-8-3-4-9-20(19)26-24(27)30/h3-14H,2,15H2,1H3,(H,26,30). The third kappa shape index (κ3) is 4.85. The molecule has 10 nitrogen and oxygen atoms in total. The van der Waals surface area contributed by atoms with Crippen LogP contribution in [-0.2, 0) is 6.61 Å². The Bertz CT molecular complexity index is 1510. The lowest BCUT2D eigenvalue weighted by Gasteiger charge is -2.12. The van der Waals surface area contributed by atoms with Crippen LogP contribution in [0.3, 0.4) is 0 Å². The summed E-state index contributed by atoms with van der Waals surface area (Å²) in [6.07, 6.45) is 1.37. The minimum Gasteiger partial charge on any atom is -0.490 e.